The van der Waals surface area contributed by atoms with Crippen molar-refractivity contribution in [3.8, 4) is 0 Å². The number of anilines is 1. The van der Waals surface area contributed by atoms with Gasteiger partial charge in [-0.25, -0.2) is 18.4 Å². The van der Waals surface area contributed by atoms with Crippen LogP contribution in [0.25, 0.3) is 10.9 Å². The molecule has 4 aromatic rings. The molecule has 9 heteroatoms. The van der Waals surface area contributed by atoms with Crippen LogP contribution in [0.2, 0.25) is 0 Å². The number of nitrogens with one attached hydrogen (secondary N) is 1. The minimum atomic E-state index is -1.78. The Bertz CT molecular complexity index is 1240. The van der Waals surface area contributed by atoms with E-state index < -0.39 is 23.3 Å². The smallest absolute Gasteiger partial charge is 0.137 e. The first kappa shape index (κ1) is 23.8. The number of hydrogen-bond donors (Lipinski definition) is 2. The number of aliphatic hydroxyl groups is 1. The Balaban J connectivity index is 1.69. The maximum absolute atomic E-state index is 14.9. The Morgan fingerprint density at radius 2 is 1.88 bits per heavy atom. The summed E-state index contributed by atoms with van der Waals surface area (Å²) in [5.41, 5.74) is -0.0326. The van der Waals surface area contributed by atoms with Crippen LogP contribution in [-0.4, -0.2) is 36.2 Å². The fraction of sp³-hybridized carbons (Fsp3) is 0.400. The van der Waals surface area contributed by atoms with Crippen molar-refractivity contribution in [1.82, 2.24) is 24.5 Å². The fourth-order valence-corrected chi connectivity index (χ4v) is 4.36. The second kappa shape index (κ2) is 9.89. The Morgan fingerprint density at radius 3 is 2.56 bits per heavy atom. The van der Waals surface area contributed by atoms with Gasteiger partial charge in [0.05, 0.1) is 24.3 Å². The zero-order valence-electron chi connectivity index (χ0n) is 19.6. The van der Waals surface area contributed by atoms with Gasteiger partial charge in [0.15, 0.2) is 0 Å². The summed E-state index contributed by atoms with van der Waals surface area (Å²) in [6.45, 7) is 6.94. The van der Waals surface area contributed by atoms with Crippen molar-refractivity contribution in [1.29, 1.82) is 0 Å². The van der Waals surface area contributed by atoms with Crippen molar-refractivity contribution in [3.63, 3.8) is 0 Å². The molecule has 0 radical (unpaired) electrons. The zero-order valence-corrected chi connectivity index (χ0v) is 19.6. The predicted molar refractivity (Wildman–Crippen MR) is 127 cm³/mol. The average Bonchev–Trinajstić information content (AvgIpc) is 3.48. The van der Waals surface area contributed by atoms with Gasteiger partial charge in [-0.1, -0.05) is 32.8 Å². The highest BCUT2D eigenvalue weighted by Gasteiger charge is 2.41. The van der Waals surface area contributed by atoms with E-state index in [0.717, 1.165) is 48.1 Å². The summed E-state index contributed by atoms with van der Waals surface area (Å²) in [7, 11) is 0. The molecule has 2 N–H and O–H groups in total. The first-order valence-corrected chi connectivity index (χ1v) is 11.6. The van der Waals surface area contributed by atoms with E-state index in [1.54, 1.807) is 17.8 Å². The summed E-state index contributed by atoms with van der Waals surface area (Å²) in [6.07, 6.45) is 6.74. The van der Waals surface area contributed by atoms with Gasteiger partial charge in [-0.05, 0) is 37.1 Å². The lowest BCUT2D eigenvalue weighted by molar-refractivity contribution is -0.0354. The van der Waals surface area contributed by atoms with Gasteiger partial charge in [0.2, 0.25) is 0 Å². The van der Waals surface area contributed by atoms with Crippen molar-refractivity contribution >= 4 is 16.6 Å². The van der Waals surface area contributed by atoms with E-state index in [-0.39, 0.29) is 12.1 Å². The quantitative estimate of drug-likeness (QED) is 0.346. The fourth-order valence-electron chi connectivity index (χ4n) is 4.36. The standard InChI is InChI=1S/C25H30F2N6O/c1-4-18(5-2)12-29-21-7-9-24-19(10-21)13-30-33(24)17(3)25(34,14-32-16-28-15-31-32)22-8-6-20(26)11-23(22)27/h6-11,13,15-18,29,34H,4-5,12,14H2,1-3H3/t17-,25-/m1/s1. The van der Waals surface area contributed by atoms with Crippen LogP contribution in [0.1, 0.15) is 45.2 Å². The zero-order chi connectivity index (χ0) is 24.3. The van der Waals surface area contributed by atoms with Gasteiger partial charge in [-0.15, -0.1) is 0 Å². The maximum atomic E-state index is 14.9. The molecule has 2 atom stereocenters. The number of halogens is 2. The molecule has 0 unspecified atom stereocenters. The van der Waals surface area contributed by atoms with Crippen LogP contribution in [0.5, 0.6) is 0 Å². The molecule has 0 spiro atoms. The molecule has 0 aliphatic heterocycles. The molecule has 2 aromatic carbocycles. The molecule has 2 heterocycles. The molecular formula is C25H30F2N6O. The summed E-state index contributed by atoms with van der Waals surface area (Å²) in [5, 5.41) is 24.8. The van der Waals surface area contributed by atoms with Crippen molar-refractivity contribution in [3.05, 3.63) is 72.4 Å². The number of fused-ring (bicyclic) bond motifs is 1. The van der Waals surface area contributed by atoms with Gasteiger partial charge in [-0.2, -0.15) is 10.2 Å². The lowest BCUT2D eigenvalue weighted by Crippen LogP contribution is -2.41. The number of rotatable bonds is 10. The molecule has 180 valence electrons. The topological polar surface area (TPSA) is 80.8 Å². The Morgan fingerprint density at radius 1 is 1.09 bits per heavy atom. The second-order valence-electron chi connectivity index (χ2n) is 8.74. The Kier molecular flexibility index (Phi) is 6.92. The molecule has 4 rings (SSSR count). The first-order valence-electron chi connectivity index (χ1n) is 11.6. The van der Waals surface area contributed by atoms with Crippen molar-refractivity contribution < 1.29 is 13.9 Å². The molecule has 0 amide bonds. The monoisotopic (exact) mass is 468 g/mol. The number of benzene rings is 2. The third-order valence-electron chi connectivity index (χ3n) is 6.67. The van der Waals surface area contributed by atoms with Crippen LogP contribution in [0, 0.1) is 17.6 Å². The highest BCUT2D eigenvalue weighted by molar-refractivity contribution is 5.82. The van der Waals surface area contributed by atoms with Crippen molar-refractivity contribution in [2.75, 3.05) is 11.9 Å². The van der Waals surface area contributed by atoms with E-state index in [4.69, 9.17) is 0 Å². The molecule has 0 saturated heterocycles. The highest BCUT2D eigenvalue weighted by Crippen LogP contribution is 2.38. The molecule has 0 aliphatic carbocycles. The third-order valence-corrected chi connectivity index (χ3v) is 6.67. The van der Waals surface area contributed by atoms with E-state index in [1.807, 2.05) is 18.2 Å². The lowest BCUT2D eigenvalue weighted by atomic mass is 9.86. The number of nitrogens with zero attached hydrogens (tertiary/aromatic N) is 5. The van der Waals surface area contributed by atoms with Crippen LogP contribution >= 0.6 is 0 Å². The van der Waals surface area contributed by atoms with Gasteiger partial charge in [-0.3, -0.25) is 4.68 Å². The third kappa shape index (κ3) is 4.65. The normalized spacial score (nSPS) is 14.4. The largest absolute Gasteiger partial charge is 0.385 e. The molecule has 2 aromatic heterocycles. The van der Waals surface area contributed by atoms with E-state index in [9.17, 15) is 13.9 Å². The highest BCUT2D eigenvalue weighted by atomic mass is 19.1. The van der Waals surface area contributed by atoms with Gasteiger partial charge < -0.3 is 10.4 Å². The van der Waals surface area contributed by atoms with Crippen molar-refractivity contribution in [2.45, 2.75) is 51.8 Å². The van der Waals surface area contributed by atoms with Crippen LogP contribution in [0.15, 0.2) is 55.2 Å². The molecule has 0 aliphatic rings. The number of hydrogen-bond acceptors (Lipinski definition) is 5. The van der Waals surface area contributed by atoms with Gasteiger partial charge in [0.25, 0.3) is 0 Å². The SMILES string of the molecule is CCC(CC)CNc1ccc2c(cnn2[C@H](C)[C@](O)(Cn2cncn2)c2ccc(F)cc2F)c1. The maximum Gasteiger partial charge on any atom is 0.137 e. The second-order valence-corrected chi connectivity index (χ2v) is 8.74. The van der Waals surface area contributed by atoms with Crippen LogP contribution in [0.4, 0.5) is 14.5 Å². The van der Waals surface area contributed by atoms with E-state index in [2.05, 4.69) is 34.3 Å². The van der Waals surface area contributed by atoms with Crippen LogP contribution in [0.3, 0.4) is 0 Å². The Labute approximate surface area is 197 Å². The summed E-state index contributed by atoms with van der Waals surface area (Å²) >= 11 is 0. The summed E-state index contributed by atoms with van der Waals surface area (Å²) in [5.74, 6) is -0.940. The number of aromatic nitrogens is 5. The average molecular weight is 469 g/mol. The lowest BCUT2D eigenvalue weighted by Gasteiger charge is -2.35. The first-order chi connectivity index (χ1) is 16.4. The molecule has 0 saturated carbocycles. The molecule has 0 fully saturated rings. The van der Waals surface area contributed by atoms with Gasteiger partial charge in [0.1, 0.15) is 29.9 Å². The van der Waals surface area contributed by atoms with Gasteiger partial charge in [0, 0.05) is 29.2 Å². The minimum Gasteiger partial charge on any atom is -0.385 e. The Hall–Kier alpha value is -3.33. The molecule has 0 bridgehead atoms. The molecular weight excluding hydrogens is 438 g/mol. The van der Waals surface area contributed by atoms with Crippen molar-refractivity contribution in [2.24, 2.45) is 5.92 Å². The van der Waals surface area contributed by atoms with E-state index >= 15 is 0 Å². The van der Waals surface area contributed by atoms with Crippen LogP contribution in [-0.2, 0) is 12.1 Å². The minimum absolute atomic E-state index is 0.0380. The predicted octanol–water partition coefficient (Wildman–Crippen LogP) is 4.90. The molecule has 7 nitrogen and oxygen atoms in total. The van der Waals surface area contributed by atoms with Gasteiger partial charge >= 0.3 is 0 Å². The molecule has 34 heavy (non-hydrogen) atoms. The van der Waals surface area contributed by atoms with E-state index in [1.165, 1.54) is 23.4 Å². The summed E-state index contributed by atoms with van der Waals surface area (Å²) in [4.78, 5) is 3.92. The van der Waals surface area contributed by atoms with Crippen LogP contribution < -0.4 is 5.32 Å². The summed E-state index contributed by atoms with van der Waals surface area (Å²) in [6, 6.07) is 8.39. The summed E-state index contributed by atoms with van der Waals surface area (Å²) < 4.78 is 31.6. The van der Waals surface area contributed by atoms with E-state index in [0.29, 0.717) is 5.92 Å².